The summed E-state index contributed by atoms with van der Waals surface area (Å²) in [6, 6.07) is 14.0. The lowest BCUT2D eigenvalue weighted by molar-refractivity contribution is 0.603. The first kappa shape index (κ1) is 16.4. The van der Waals surface area contributed by atoms with Crippen LogP contribution in [0.2, 0.25) is 0 Å². The molecule has 2 aromatic heterocycles. The van der Waals surface area contributed by atoms with E-state index in [0.717, 1.165) is 28.4 Å². The van der Waals surface area contributed by atoms with Crippen molar-refractivity contribution < 1.29 is 4.39 Å². The van der Waals surface area contributed by atoms with Crippen LogP contribution in [0.5, 0.6) is 0 Å². The Morgan fingerprint density at radius 2 is 1.93 bits per heavy atom. The van der Waals surface area contributed by atoms with Gasteiger partial charge in [0.1, 0.15) is 22.7 Å². The quantitative estimate of drug-likeness (QED) is 0.524. The zero-order chi connectivity index (χ0) is 18.5. The molecule has 0 spiro atoms. The largest absolute Gasteiger partial charge is 0.275 e. The molecule has 0 aliphatic heterocycles. The van der Waals surface area contributed by atoms with Gasteiger partial charge in [0.25, 0.3) is 5.56 Å². The maximum absolute atomic E-state index is 14.7. The van der Waals surface area contributed by atoms with E-state index in [1.807, 2.05) is 30.3 Å². The van der Waals surface area contributed by atoms with E-state index in [9.17, 15) is 9.18 Å². The van der Waals surface area contributed by atoms with E-state index >= 15 is 0 Å². The summed E-state index contributed by atoms with van der Waals surface area (Å²) in [6.45, 7) is 0. The van der Waals surface area contributed by atoms with Crippen LogP contribution in [-0.2, 0) is 0 Å². The van der Waals surface area contributed by atoms with E-state index in [-0.39, 0.29) is 17.2 Å². The number of para-hydroxylation sites is 1. The number of H-pyrrole nitrogens is 1. The summed E-state index contributed by atoms with van der Waals surface area (Å²) in [6.07, 6.45) is 2.01. The Kier molecular flexibility index (Phi) is 3.72. The van der Waals surface area contributed by atoms with E-state index in [1.54, 1.807) is 6.07 Å². The molecule has 1 aliphatic carbocycles. The first-order chi connectivity index (χ1) is 13.1. The van der Waals surface area contributed by atoms with Gasteiger partial charge < -0.3 is 0 Å². The molecule has 1 saturated carbocycles. The van der Waals surface area contributed by atoms with Crippen molar-refractivity contribution in [2.24, 2.45) is 0 Å². The van der Waals surface area contributed by atoms with Gasteiger partial charge in [0.2, 0.25) is 0 Å². The number of hydrogen-bond donors (Lipinski definition) is 1. The van der Waals surface area contributed by atoms with Crippen LogP contribution in [0.1, 0.15) is 24.3 Å². The van der Waals surface area contributed by atoms with Crippen molar-refractivity contribution in [3.63, 3.8) is 0 Å². The summed E-state index contributed by atoms with van der Waals surface area (Å²) in [5, 5.41) is 11.7. The third-order valence-corrected chi connectivity index (χ3v) is 5.34. The van der Waals surface area contributed by atoms with Crippen molar-refractivity contribution in [3.05, 3.63) is 74.7 Å². The topological polar surface area (TPSA) is 63.6 Å². The minimum atomic E-state index is -0.443. The van der Waals surface area contributed by atoms with Crippen molar-refractivity contribution in [1.82, 2.24) is 20.0 Å². The second-order valence-electron chi connectivity index (χ2n) is 6.69. The molecule has 1 aliphatic rings. The summed E-state index contributed by atoms with van der Waals surface area (Å²) in [7, 11) is 0. The molecule has 2 aromatic carbocycles. The lowest BCUT2D eigenvalue weighted by Gasteiger charge is -2.11. The van der Waals surface area contributed by atoms with Crippen molar-refractivity contribution in [1.29, 1.82) is 0 Å². The molecule has 2 heterocycles. The molecule has 5 rings (SSSR count). The van der Waals surface area contributed by atoms with Crippen molar-refractivity contribution in [2.45, 2.75) is 18.8 Å². The molecule has 0 unspecified atom stereocenters. The highest BCUT2D eigenvalue weighted by atomic mass is 79.9. The predicted octanol–water partition coefficient (Wildman–Crippen LogP) is 4.55. The summed E-state index contributed by atoms with van der Waals surface area (Å²) in [5.41, 5.74) is 3.22. The van der Waals surface area contributed by atoms with Crippen LogP contribution in [-0.4, -0.2) is 20.0 Å². The first-order valence-corrected chi connectivity index (χ1v) is 9.44. The van der Waals surface area contributed by atoms with Crippen LogP contribution in [0.15, 0.2) is 57.8 Å². The molecular formula is C20H14BrFN4O. The minimum Gasteiger partial charge on any atom is -0.275 e. The fourth-order valence-corrected chi connectivity index (χ4v) is 3.60. The molecular weight excluding hydrogens is 411 g/mol. The number of nitrogens with one attached hydrogen (secondary N) is 1. The van der Waals surface area contributed by atoms with Gasteiger partial charge in [0.05, 0.1) is 5.52 Å². The molecule has 0 atom stereocenters. The second-order valence-corrected chi connectivity index (χ2v) is 7.60. The average Bonchev–Trinajstić information content (AvgIpc) is 3.43. The highest BCUT2D eigenvalue weighted by Gasteiger charge is 2.29. The monoisotopic (exact) mass is 424 g/mol. The maximum atomic E-state index is 14.7. The van der Waals surface area contributed by atoms with E-state index < -0.39 is 5.82 Å². The Morgan fingerprint density at radius 3 is 2.67 bits per heavy atom. The van der Waals surface area contributed by atoms with Crippen LogP contribution in [0, 0.1) is 5.82 Å². The highest BCUT2D eigenvalue weighted by Crippen LogP contribution is 2.43. The average molecular weight is 425 g/mol. The normalized spacial score (nSPS) is 14.0. The molecule has 0 amide bonds. The van der Waals surface area contributed by atoms with Gasteiger partial charge in [-0.2, -0.15) is 14.9 Å². The summed E-state index contributed by atoms with van der Waals surface area (Å²) < 4.78 is 16.8. The van der Waals surface area contributed by atoms with E-state index in [4.69, 9.17) is 0 Å². The maximum Gasteiger partial charge on any atom is 0.273 e. The molecule has 7 heteroatoms. The first-order valence-electron chi connectivity index (χ1n) is 8.65. The van der Waals surface area contributed by atoms with Gasteiger partial charge >= 0.3 is 0 Å². The third-order valence-electron chi connectivity index (χ3n) is 4.81. The zero-order valence-electron chi connectivity index (χ0n) is 14.1. The minimum absolute atomic E-state index is 0.245. The highest BCUT2D eigenvalue weighted by molar-refractivity contribution is 9.10. The molecule has 1 fully saturated rings. The van der Waals surface area contributed by atoms with Gasteiger partial charge in [-0.25, -0.2) is 4.39 Å². The Bertz CT molecular complexity index is 1230. The van der Waals surface area contributed by atoms with Gasteiger partial charge in [0, 0.05) is 16.1 Å². The Balaban J connectivity index is 1.75. The fourth-order valence-electron chi connectivity index (χ4n) is 3.33. The van der Waals surface area contributed by atoms with Crippen LogP contribution >= 0.6 is 15.9 Å². The van der Waals surface area contributed by atoms with Crippen molar-refractivity contribution in [2.75, 3.05) is 0 Å². The van der Waals surface area contributed by atoms with Crippen molar-refractivity contribution >= 4 is 27.0 Å². The Morgan fingerprint density at radius 1 is 1.15 bits per heavy atom. The van der Waals surface area contributed by atoms with Crippen LogP contribution in [0.3, 0.4) is 0 Å². The molecule has 0 bridgehead atoms. The molecule has 1 N–H and O–H groups in total. The van der Waals surface area contributed by atoms with E-state index in [0.29, 0.717) is 16.7 Å². The zero-order valence-corrected chi connectivity index (χ0v) is 15.7. The number of halogens is 2. The van der Waals surface area contributed by atoms with Gasteiger partial charge in [-0.1, -0.05) is 40.2 Å². The second kappa shape index (κ2) is 6.13. The van der Waals surface area contributed by atoms with E-state index in [2.05, 4.69) is 31.2 Å². The number of nitrogens with zero attached hydrogens (tertiary/aromatic N) is 3. The van der Waals surface area contributed by atoms with Crippen molar-refractivity contribution in [3.8, 4) is 16.9 Å². The van der Waals surface area contributed by atoms with Crippen LogP contribution in [0.4, 0.5) is 4.39 Å². The molecule has 27 heavy (non-hydrogen) atoms. The van der Waals surface area contributed by atoms with Gasteiger partial charge in [-0.15, -0.1) is 0 Å². The van der Waals surface area contributed by atoms with Gasteiger partial charge in [0.15, 0.2) is 0 Å². The molecule has 134 valence electrons. The fraction of sp³-hybridized carbons (Fsp3) is 0.150. The van der Waals surface area contributed by atoms with Crippen LogP contribution < -0.4 is 5.56 Å². The predicted molar refractivity (Wildman–Crippen MR) is 105 cm³/mol. The van der Waals surface area contributed by atoms with E-state index in [1.165, 1.54) is 16.8 Å². The summed E-state index contributed by atoms with van der Waals surface area (Å²) in [5.74, 6) is -0.155. The standard InChI is InChI=1S/C20H14BrFN4O/c21-13-8-6-12(7-9-13)18-19-16(23-24-18)10-17(27)26(25-19)20-14(11-4-5-11)2-1-3-15(20)22/h1-3,6-11,23H,4-5H2. The smallest absolute Gasteiger partial charge is 0.273 e. The number of hydrogen-bond acceptors (Lipinski definition) is 3. The summed E-state index contributed by atoms with van der Waals surface area (Å²) >= 11 is 3.41. The molecule has 0 radical (unpaired) electrons. The van der Waals surface area contributed by atoms with Crippen LogP contribution in [0.25, 0.3) is 28.0 Å². The third kappa shape index (κ3) is 2.78. The SMILES string of the molecule is O=c1cc2[nH]nc(-c3ccc(Br)cc3)c2nn1-c1c(F)cccc1C1CC1. The Labute approximate surface area is 162 Å². The number of aromatic amines is 1. The number of benzene rings is 2. The number of aromatic nitrogens is 4. The number of rotatable bonds is 3. The Hall–Kier alpha value is -2.80. The molecule has 4 aromatic rings. The number of fused-ring (bicyclic) bond motifs is 1. The molecule has 5 nitrogen and oxygen atoms in total. The van der Waals surface area contributed by atoms with Gasteiger partial charge in [-0.3, -0.25) is 9.89 Å². The van der Waals surface area contributed by atoms with Gasteiger partial charge in [-0.05, 0) is 42.5 Å². The lowest BCUT2D eigenvalue weighted by atomic mass is 10.1. The lowest BCUT2D eigenvalue weighted by Crippen LogP contribution is -2.22. The summed E-state index contributed by atoms with van der Waals surface area (Å²) in [4.78, 5) is 12.7. The molecule has 0 saturated heterocycles.